The van der Waals surface area contributed by atoms with Crippen LogP contribution in [0.25, 0.3) is 10.2 Å². The lowest BCUT2D eigenvalue weighted by Gasteiger charge is -2.09. The van der Waals surface area contributed by atoms with Gasteiger partial charge >= 0.3 is 0 Å². The molecule has 0 aliphatic heterocycles. The van der Waals surface area contributed by atoms with Crippen molar-refractivity contribution in [2.24, 2.45) is 0 Å². The van der Waals surface area contributed by atoms with Crippen molar-refractivity contribution in [2.75, 3.05) is 5.32 Å². The van der Waals surface area contributed by atoms with Crippen LogP contribution in [-0.2, 0) is 12.8 Å². The molecule has 2 aromatic heterocycles. The molecule has 3 nitrogen and oxygen atoms in total. The van der Waals surface area contributed by atoms with Gasteiger partial charge in [0.05, 0.1) is 5.39 Å². The molecule has 0 saturated carbocycles. The van der Waals surface area contributed by atoms with Gasteiger partial charge in [-0.25, -0.2) is 9.97 Å². The van der Waals surface area contributed by atoms with E-state index in [4.69, 9.17) is 0 Å². The second kappa shape index (κ2) is 4.81. The predicted octanol–water partition coefficient (Wildman–Crippen LogP) is 4.54. The molecule has 1 aliphatic carbocycles. The molecule has 4 heteroatoms. The second-order valence-electron chi connectivity index (χ2n) is 5.65. The molecule has 1 N–H and O–H groups in total. The fraction of sp³-hybridized carbons (Fsp3) is 0.294. The topological polar surface area (TPSA) is 37.8 Å². The SMILES string of the molecule is Cc1cccc(Nc2nc(C)nc3sc4c(c23)CCC4)c1. The zero-order valence-corrected chi connectivity index (χ0v) is 13.0. The first kappa shape index (κ1) is 12.8. The van der Waals surface area contributed by atoms with Crippen molar-refractivity contribution in [3.63, 3.8) is 0 Å². The van der Waals surface area contributed by atoms with Gasteiger partial charge in [0.25, 0.3) is 0 Å². The van der Waals surface area contributed by atoms with E-state index in [2.05, 4.69) is 46.5 Å². The van der Waals surface area contributed by atoms with Crippen molar-refractivity contribution < 1.29 is 0 Å². The van der Waals surface area contributed by atoms with Gasteiger partial charge in [-0.05, 0) is 56.4 Å². The highest BCUT2D eigenvalue weighted by molar-refractivity contribution is 7.19. The van der Waals surface area contributed by atoms with Gasteiger partial charge < -0.3 is 5.32 Å². The molecule has 0 radical (unpaired) electrons. The molecule has 1 aliphatic rings. The third kappa shape index (κ3) is 2.20. The molecule has 106 valence electrons. The molecule has 21 heavy (non-hydrogen) atoms. The van der Waals surface area contributed by atoms with E-state index in [0.717, 1.165) is 28.6 Å². The van der Waals surface area contributed by atoms with Gasteiger partial charge in [0, 0.05) is 10.6 Å². The summed E-state index contributed by atoms with van der Waals surface area (Å²) in [5, 5.41) is 4.74. The average molecular weight is 295 g/mol. The van der Waals surface area contributed by atoms with E-state index < -0.39 is 0 Å². The van der Waals surface area contributed by atoms with Crippen LogP contribution in [0.4, 0.5) is 11.5 Å². The zero-order valence-electron chi connectivity index (χ0n) is 12.2. The normalized spacial score (nSPS) is 13.6. The Labute approximate surface area is 128 Å². The van der Waals surface area contributed by atoms with Gasteiger partial charge in [-0.15, -0.1) is 11.3 Å². The summed E-state index contributed by atoms with van der Waals surface area (Å²) in [5.74, 6) is 1.79. The Kier molecular flexibility index (Phi) is 2.93. The number of fused-ring (bicyclic) bond motifs is 3. The van der Waals surface area contributed by atoms with Crippen LogP contribution in [-0.4, -0.2) is 9.97 Å². The van der Waals surface area contributed by atoms with Crippen LogP contribution in [0.1, 0.15) is 28.2 Å². The lowest BCUT2D eigenvalue weighted by Crippen LogP contribution is -1.99. The van der Waals surface area contributed by atoms with E-state index in [1.54, 1.807) is 0 Å². The summed E-state index contributed by atoms with van der Waals surface area (Å²) in [7, 11) is 0. The summed E-state index contributed by atoms with van der Waals surface area (Å²) in [4.78, 5) is 11.9. The zero-order chi connectivity index (χ0) is 14.4. The first-order valence-electron chi connectivity index (χ1n) is 7.33. The maximum Gasteiger partial charge on any atom is 0.143 e. The molecule has 0 unspecified atom stereocenters. The van der Waals surface area contributed by atoms with Crippen LogP contribution in [0.5, 0.6) is 0 Å². The molecule has 0 atom stereocenters. The van der Waals surface area contributed by atoms with E-state index >= 15 is 0 Å². The molecule has 4 rings (SSSR count). The van der Waals surface area contributed by atoms with Gasteiger partial charge in [0.1, 0.15) is 16.5 Å². The Morgan fingerprint density at radius 1 is 1.14 bits per heavy atom. The number of aromatic nitrogens is 2. The van der Waals surface area contributed by atoms with E-state index in [-0.39, 0.29) is 0 Å². The summed E-state index contributed by atoms with van der Waals surface area (Å²) < 4.78 is 0. The maximum atomic E-state index is 4.66. The van der Waals surface area contributed by atoms with Crippen LogP contribution < -0.4 is 5.32 Å². The van der Waals surface area contributed by atoms with Crippen molar-refractivity contribution in [1.29, 1.82) is 0 Å². The third-order valence-electron chi connectivity index (χ3n) is 3.96. The minimum absolute atomic E-state index is 0.831. The van der Waals surface area contributed by atoms with Crippen LogP contribution >= 0.6 is 11.3 Å². The Morgan fingerprint density at radius 2 is 2.05 bits per heavy atom. The Bertz CT molecular complexity index is 835. The van der Waals surface area contributed by atoms with Crippen LogP contribution in [0.2, 0.25) is 0 Å². The highest BCUT2D eigenvalue weighted by Crippen LogP contribution is 2.40. The number of nitrogens with one attached hydrogen (secondary N) is 1. The highest BCUT2D eigenvalue weighted by Gasteiger charge is 2.21. The summed E-state index contributed by atoms with van der Waals surface area (Å²) in [6.45, 7) is 4.07. The fourth-order valence-electron chi connectivity index (χ4n) is 3.05. The summed E-state index contributed by atoms with van der Waals surface area (Å²) in [6, 6.07) is 8.41. The number of benzene rings is 1. The molecule has 0 bridgehead atoms. The lowest BCUT2D eigenvalue weighted by atomic mass is 10.1. The van der Waals surface area contributed by atoms with Crippen molar-refractivity contribution in [3.05, 3.63) is 46.1 Å². The van der Waals surface area contributed by atoms with Gasteiger partial charge in [-0.2, -0.15) is 0 Å². The largest absolute Gasteiger partial charge is 0.340 e. The van der Waals surface area contributed by atoms with Crippen molar-refractivity contribution in [1.82, 2.24) is 9.97 Å². The molecule has 2 heterocycles. The smallest absolute Gasteiger partial charge is 0.143 e. The summed E-state index contributed by atoms with van der Waals surface area (Å²) in [5.41, 5.74) is 3.80. The quantitative estimate of drug-likeness (QED) is 0.754. The van der Waals surface area contributed by atoms with E-state index in [9.17, 15) is 0 Å². The molecule has 0 amide bonds. The average Bonchev–Trinajstić information content (AvgIpc) is 2.98. The van der Waals surface area contributed by atoms with Crippen LogP contribution in [0.15, 0.2) is 24.3 Å². The molecule has 0 fully saturated rings. The Hall–Kier alpha value is -1.94. The molecular weight excluding hydrogens is 278 g/mol. The number of aryl methyl sites for hydroxylation is 4. The number of hydrogen-bond donors (Lipinski definition) is 1. The first-order valence-corrected chi connectivity index (χ1v) is 8.15. The summed E-state index contributed by atoms with van der Waals surface area (Å²) >= 11 is 1.84. The summed E-state index contributed by atoms with van der Waals surface area (Å²) in [6.07, 6.45) is 3.61. The first-order chi connectivity index (χ1) is 10.2. The van der Waals surface area contributed by atoms with Gasteiger partial charge in [0.2, 0.25) is 0 Å². The second-order valence-corrected chi connectivity index (χ2v) is 6.74. The lowest BCUT2D eigenvalue weighted by molar-refractivity contribution is 0.917. The van der Waals surface area contributed by atoms with Crippen molar-refractivity contribution >= 4 is 33.1 Å². The molecule has 3 aromatic rings. The van der Waals surface area contributed by atoms with Crippen molar-refractivity contribution in [3.8, 4) is 0 Å². The minimum atomic E-state index is 0.831. The molecule has 0 saturated heterocycles. The van der Waals surface area contributed by atoms with Crippen molar-refractivity contribution in [2.45, 2.75) is 33.1 Å². The van der Waals surface area contributed by atoms with Crippen LogP contribution in [0.3, 0.4) is 0 Å². The van der Waals surface area contributed by atoms with Gasteiger partial charge in [-0.1, -0.05) is 12.1 Å². The number of hydrogen-bond acceptors (Lipinski definition) is 4. The van der Waals surface area contributed by atoms with Gasteiger partial charge in [0.15, 0.2) is 0 Å². The van der Waals surface area contributed by atoms with E-state index in [1.165, 1.54) is 34.2 Å². The highest BCUT2D eigenvalue weighted by atomic mass is 32.1. The Morgan fingerprint density at radius 3 is 2.90 bits per heavy atom. The molecule has 0 spiro atoms. The van der Waals surface area contributed by atoms with E-state index in [0.29, 0.717) is 0 Å². The number of nitrogens with zero attached hydrogens (tertiary/aromatic N) is 2. The van der Waals surface area contributed by atoms with Gasteiger partial charge in [-0.3, -0.25) is 0 Å². The minimum Gasteiger partial charge on any atom is -0.340 e. The molecular formula is C17H17N3S. The van der Waals surface area contributed by atoms with Crippen LogP contribution in [0, 0.1) is 13.8 Å². The Balaban J connectivity index is 1.87. The predicted molar refractivity (Wildman–Crippen MR) is 88.6 cm³/mol. The standard InChI is InChI=1S/C17H17N3S/c1-10-5-3-6-12(9-10)20-16-15-13-7-4-8-14(13)21-17(15)19-11(2)18-16/h3,5-6,9H,4,7-8H2,1-2H3,(H,18,19,20). The third-order valence-corrected chi connectivity index (χ3v) is 5.14. The maximum absolute atomic E-state index is 4.66. The monoisotopic (exact) mass is 295 g/mol. The number of thiophene rings is 1. The fourth-order valence-corrected chi connectivity index (χ4v) is 4.36. The molecule has 1 aromatic carbocycles. The number of anilines is 2. The number of rotatable bonds is 2. The van der Waals surface area contributed by atoms with E-state index in [1.807, 2.05) is 18.3 Å².